The Bertz CT molecular complexity index is 619. The molecule has 2 rings (SSSR count). The summed E-state index contributed by atoms with van der Waals surface area (Å²) in [5.41, 5.74) is 4.66. The normalized spacial score (nSPS) is 10.9. The SMILES string of the molecule is CC(C)c1ccc(C=NNC(=O)COc2ccccc2)cc1. The van der Waals surface area contributed by atoms with Gasteiger partial charge >= 0.3 is 0 Å². The van der Waals surface area contributed by atoms with Gasteiger partial charge in [-0.05, 0) is 29.2 Å². The fourth-order valence-corrected chi connectivity index (χ4v) is 1.84. The van der Waals surface area contributed by atoms with Crippen LogP contribution in [0, 0.1) is 0 Å². The zero-order valence-corrected chi connectivity index (χ0v) is 12.8. The first kappa shape index (κ1) is 15.8. The van der Waals surface area contributed by atoms with Crippen LogP contribution < -0.4 is 10.2 Å². The number of hydrogen-bond acceptors (Lipinski definition) is 3. The van der Waals surface area contributed by atoms with Crippen molar-refractivity contribution >= 4 is 12.1 Å². The average molecular weight is 296 g/mol. The van der Waals surface area contributed by atoms with E-state index in [9.17, 15) is 4.79 Å². The number of hydrazone groups is 1. The summed E-state index contributed by atoms with van der Waals surface area (Å²) in [4.78, 5) is 11.6. The fourth-order valence-electron chi connectivity index (χ4n) is 1.84. The van der Waals surface area contributed by atoms with E-state index >= 15 is 0 Å². The van der Waals surface area contributed by atoms with Gasteiger partial charge in [0.25, 0.3) is 5.91 Å². The maximum atomic E-state index is 11.6. The Labute approximate surface area is 130 Å². The van der Waals surface area contributed by atoms with Crippen molar-refractivity contribution in [3.05, 3.63) is 65.7 Å². The summed E-state index contributed by atoms with van der Waals surface area (Å²) in [6.07, 6.45) is 1.62. The standard InChI is InChI=1S/C18H20N2O2/c1-14(2)16-10-8-15(9-11-16)12-19-20-18(21)13-22-17-6-4-3-5-7-17/h3-12,14H,13H2,1-2H3,(H,20,21). The predicted octanol–water partition coefficient (Wildman–Crippen LogP) is 3.34. The molecule has 0 atom stereocenters. The van der Waals surface area contributed by atoms with Gasteiger partial charge in [0.2, 0.25) is 0 Å². The molecule has 114 valence electrons. The Morgan fingerprint density at radius 3 is 2.45 bits per heavy atom. The second-order valence-corrected chi connectivity index (χ2v) is 5.22. The molecule has 0 heterocycles. The minimum absolute atomic E-state index is 0.0619. The third-order valence-corrected chi connectivity index (χ3v) is 3.12. The Hall–Kier alpha value is -2.62. The number of benzene rings is 2. The molecule has 4 nitrogen and oxygen atoms in total. The third-order valence-electron chi connectivity index (χ3n) is 3.12. The molecule has 4 heteroatoms. The first-order valence-corrected chi connectivity index (χ1v) is 7.25. The zero-order chi connectivity index (χ0) is 15.8. The lowest BCUT2D eigenvalue weighted by Crippen LogP contribution is -2.24. The second-order valence-electron chi connectivity index (χ2n) is 5.22. The van der Waals surface area contributed by atoms with Gasteiger partial charge in [-0.1, -0.05) is 56.3 Å². The van der Waals surface area contributed by atoms with Crippen LogP contribution in [0.25, 0.3) is 0 Å². The molecule has 0 aromatic heterocycles. The van der Waals surface area contributed by atoms with Gasteiger partial charge in [0.15, 0.2) is 6.61 Å². The van der Waals surface area contributed by atoms with E-state index in [0.29, 0.717) is 11.7 Å². The molecule has 0 fully saturated rings. The van der Waals surface area contributed by atoms with E-state index in [0.717, 1.165) is 5.56 Å². The number of nitrogens with zero attached hydrogens (tertiary/aromatic N) is 1. The van der Waals surface area contributed by atoms with Gasteiger partial charge in [0.1, 0.15) is 5.75 Å². The van der Waals surface area contributed by atoms with Gasteiger partial charge in [-0.15, -0.1) is 0 Å². The van der Waals surface area contributed by atoms with Gasteiger partial charge in [-0.25, -0.2) is 5.43 Å². The maximum Gasteiger partial charge on any atom is 0.277 e. The van der Waals surface area contributed by atoms with Gasteiger partial charge in [0, 0.05) is 0 Å². The molecule has 0 saturated heterocycles. The average Bonchev–Trinajstić information content (AvgIpc) is 2.54. The molecule has 1 amide bonds. The van der Waals surface area contributed by atoms with Crippen LogP contribution in [-0.2, 0) is 4.79 Å². The lowest BCUT2D eigenvalue weighted by atomic mass is 10.0. The number of carbonyl (C=O) groups excluding carboxylic acids is 1. The zero-order valence-electron chi connectivity index (χ0n) is 12.8. The molecule has 2 aromatic carbocycles. The fraction of sp³-hybridized carbons (Fsp3) is 0.222. The summed E-state index contributed by atoms with van der Waals surface area (Å²) < 4.78 is 5.33. The van der Waals surface area contributed by atoms with Crippen molar-refractivity contribution in [2.45, 2.75) is 19.8 Å². The van der Waals surface area contributed by atoms with Crippen LogP contribution in [0.4, 0.5) is 0 Å². The Balaban J connectivity index is 1.78. The highest BCUT2D eigenvalue weighted by molar-refractivity contribution is 5.82. The van der Waals surface area contributed by atoms with Crippen LogP contribution in [0.2, 0.25) is 0 Å². The number of nitrogens with one attached hydrogen (secondary N) is 1. The first-order chi connectivity index (χ1) is 10.6. The molecular weight excluding hydrogens is 276 g/mol. The van der Waals surface area contributed by atoms with Crippen molar-refractivity contribution in [1.29, 1.82) is 0 Å². The van der Waals surface area contributed by atoms with E-state index < -0.39 is 0 Å². The highest BCUT2D eigenvalue weighted by Crippen LogP contribution is 2.13. The molecule has 2 aromatic rings. The number of rotatable bonds is 6. The van der Waals surface area contributed by atoms with Crippen LogP contribution in [0.15, 0.2) is 59.7 Å². The number of carbonyl (C=O) groups is 1. The molecular formula is C18H20N2O2. The predicted molar refractivity (Wildman–Crippen MR) is 88.2 cm³/mol. The van der Waals surface area contributed by atoms with E-state index in [1.54, 1.807) is 18.3 Å². The largest absolute Gasteiger partial charge is 0.484 e. The molecule has 0 aliphatic heterocycles. The summed E-state index contributed by atoms with van der Waals surface area (Å²) >= 11 is 0. The number of ether oxygens (including phenoxy) is 1. The lowest BCUT2D eigenvalue weighted by molar-refractivity contribution is -0.123. The molecule has 0 aliphatic carbocycles. The van der Waals surface area contributed by atoms with Crippen molar-refractivity contribution in [2.75, 3.05) is 6.61 Å². The van der Waals surface area contributed by atoms with Crippen molar-refractivity contribution in [3.63, 3.8) is 0 Å². The quantitative estimate of drug-likeness (QED) is 0.656. The summed E-state index contributed by atoms with van der Waals surface area (Å²) in [5, 5.41) is 3.92. The van der Waals surface area contributed by atoms with Crippen molar-refractivity contribution in [3.8, 4) is 5.75 Å². The van der Waals surface area contributed by atoms with Crippen molar-refractivity contribution in [2.24, 2.45) is 5.10 Å². The smallest absolute Gasteiger partial charge is 0.277 e. The monoisotopic (exact) mass is 296 g/mol. The molecule has 0 saturated carbocycles. The Morgan fingerprint density at radius 2 is 1.82 bits per heavy atom. The number of amides is 1. The summed E-state index contributed by atoms with van der Waals surface area (Å²) in [5.74, 6) is 0.866. The second kappa shape index (κ2) is 7.98. The maximum absolute atomic E-state index is 11.6. The van der Waals surface area contributed by atoms with Gasteiger partial charge in [-0.2, -0.15) is 5.10 Å². The minimum Gasteiger partial charge on any atom is -0.484 e. The van der Waals surface area contributed by atoms with E-state index in [1.807, 2.05) is 30.3 Å². The summed E-state index contributed by atoms with van der Waals surface area (Å²) in [7, 11) is 0. The molecule has 1 N–H and O–H groups in total. The van der Waals surface area contributed by atoms with Crippen LogP contribution in [0.5, 0.6) is 5.75 Å². The van der Waals surface area contributed by atoms with E-state index in [-0.39, 0.29) is 12.5 Å². The summed E-state index contributed by atoms with van der Waals surface area (Å²) in [6, 6.07) is 17.3. The number of para-hydroxylation sites is 1. The highest BCUT2D eigenvalue weighted by Gasteiger charge is 2.01. The molecule has 0 spiro atoms. The van der Waals surface area contributed by atoms with Crippen molar-refractivity contribution in [1.82, 2.24) is 5.43 Å². The van der Waals surface area contributed by atoms with Gasteiger partial charge < -0.3 is 4.74 Å². The molecule has 0 unspecified atom stereocenters. The third kappa shape index (κ3) is 5.05. The van der Waals surface area contributed by atoms with E-state index in [1.165, 1.54) is 5.56 Å². The van der Waals surface area contributed by atoms with Crippen LogP contribution in [0.1, 0.15) is 30.9 Å². The van der Waals surface area contributed by atoms with Crippen LogP contribution in [0.3, 0.4) is 0 Å². The Kier molecular flexibility index (Phi) is 5.72. The number of hydrogen-bond donors (Lipinski definition) is 1. The van der Waals surface area contributed by atoms with E-state index in [2.05, 4.69) is 36.5 Å². The van der Waals surface area contributed by atoms with Gasteiger partial charge in [-0.3, -0.25) is 4.79 Å². The topological polar surface area (TPSA) is 50.7 Å². The molecule has 22 heavy (non-hydrogen) atoms. The van der Waals surface area contributed by atoms with Crippen LogP contribution in [-0.4, -0.2) is 18.7 Å². The van der Waals surface area contributed by atoms with Crippen molar-refractivity contribution < 1.29 is 9.53 Å². The van der Waals surface area contributed by atoms with E-state index in [4.69, 9.17) is 4.74 Å². The molecule has 0 radical (unpaired) electrons. The molecule has 0 bridgehead atoms. The first-order valence-electron chi connectivity index (χ1n) is 7.25. The summed E-state index contributed by atoms with van der Waals surface area (Å²) in [6.45, 7) is 4.24. The Morgan fingerprint density at radius 1 is 1.14 bits per heavy atom. The van der Waals surface area contributed by atoms with Crippen LogP contribution >= 0.6 is 0 Å². The minimum atomic E-state index is -0.293. The molecule has 0 aliphatic rings. The van der Waals surface area contributed by atoms with Gasteiger partial charge in [0.05, 0.1) is 6.21 Å². The lowest BCUT2D eigenvalue weighted by Gasteiger charge is -2.05. The highest BCUT2D eigenvalue weighted by atomic mass is 16.5.